The Morgan fingerprint density at radius 3 is 2.24 bits per heavy atom. The van der Waals surface area contributed by atoms with Crippen molar-refractivity contribution in [2.24, 2.45) is 5.41 Å². The summed E-state index contributed by atoms with van der Waals surface area (Å²) in [7, 11) is 3.61. The number of piperidine rings is 1. The molecule has 2 aromatic carbocycles. The normalized spacial score (nSPS) is 18.1. The molecule has 0 unspecified atom stereocenters. The van der Waals surface area contributed by atoms with E-state index >= 15 is 0 Å². The van der Waals surface area contributed by atoms with Crippen LogP contribution in [0.15, 0.2) is 79.1 Å². The number of carbonyl (C=O) groups excluding carboxylic acids is 2. The molecule has 170 valence electrons. The van der Waals surface area contributed by atoms with Gasteiger partial charge in [0.25, 0.3) is 0 Å². The first-order chi connectivity index (χ1) is 16.0. The lowest BCUT2D eigenvalue weighted by atomic mass is 9.73. The molecule has 1 aliphatic heterocycles. The molecular weight excluding hydrogens is 410 g/mol. The quantitative estimate of drug-likeness (QED) is 0.575. The molecule has 0 bridgehead atoms. The van der Waals surface area contributed by atoms with E-state index in [1.807, 2.05) is 47.4 Å². The maximum Gasteiger partial charge on any atom is 0.230 e. The molecule has 1 atom stereocenters. The summed E-state index contributed by atoms with van der Waals surface area (Å²) in [5, 5.41) is 0. The van der Waals surface area contributed by atoms with Gasteiger partial charge in [-0.25, -0.2) is 0 Å². The van der Waals surface area contributed by atoms with E-state index in [1.165, 1.54) is 0 Å². The van der Waals surface area contributed by atoms with Gasteiger partial charge in [-0.15, -0.1) is 0 Å². The van der Waals surface area contributed by atoms with Crippen molar-refractivity contribution < 1.29 is 9.59 Å². The van der Waals surface area contributed by atoms with Gasteiger partial charge in [0.15, 0.2) is 0 Å². The molecule has 0 N–H and O–H groups in total. The zero-order valence-corrected chi connectivity index (χ0v) is 19.4. The first-order valence-corrected chi connectivity index (χ1v) is 11.5. The number of rotatable bonds is 6. The van der Waals surface area contributed by atoms with Crippen LogP contribution in [0, 0.1) is 5.41 Å². The predicted molar refractivity (Wildman–Crippen MR) is 130 cm³/mol. The third kappa shape index (κ3) is 5.30. The van der Waals surface area contributed by atoms with E-state index in [2.05, 4.69) is 29.2 Å². The summed E-state index contributed by atoms with van der Waals surface area (Å²) in [5.41, 5.74) is 3.75. The van der Waals surface area contributed by atoms with Crippen molar-refractivity contribution in [3.05, 3.63) is 90.3 Å². The Balaban J connectivity index is 1.54. The fraction of sp³-hybridized carbons (Fsp3) is 0.321. The van der Waals surface area contributed by atoms with Crippen LogP contribution in [0.25, 0.3) is 11.1 Å². The highest BCUT2D eigenvalue weighted by Crippen LogP contribution is 2.36. The Morgan fingerprint density at radius 1 is 0.909 bits per heavy atom. The highest BCUT2D eigenvalue weighted by atomic mass is 16.2. The van der Waals surface area contributed by atoms with Gasteiger partial charge in [-0.1, -0.05) is 54.6 Å². The summed E-state index contributed by atoms with van der Waals surface area (Å²) in [6.45, 7) is 1.16. The zero-order valence-electron chi connectivity index (χ0n) is 19.4. The van der Waals surface area contributed by atoms with Crippen LogP contribution in [0.1, 0.15) is 24.0 Å². The standard InChI is InChI=1S/C28H31N3O2/c1-30(2)27(33)28(20-23-9-11-24(12-10-23)25-13-16-29-17-14-25)15-6-18-31(21-28)26(32)19-22-7-4-3-5-8-22/h3-5,7-14,16-17H,6,15,18-21H2,1-2H3/t28-/m1/s1. The third-order valence-corrected chi connectivity index (χ3v) is 6.50. The zero-order chi connectivity index (χ0) is 23.3. The molecule has 4 rings (SSSR count). The van der Waals surface area contributed by atoms with Crippen LogP contribution in [0.2, 0.25) is 0 Å². The van der Waals surface area contributed by atoms with E-state index in [9.17, 15) is 9.59 Å². The number of carbonyl (C=O) groups is 2. The van der Waals surface area contributed by atoms with E-state index in [4.69, 9.17) is 0 Å². The Morgan fingerprint density at radius 2 is 1.58 bits per heavy atom. The van der Waals surface area contributed by atoms with Crippen molar-refractivity contribution in [2.45, 2.75) is 25.7 Å². The molecule has 5 heteroatoms. The maximum absolute atomic E-state index is 13.4. The monoisotopic (exact) mass is 441 g/mol. The number of benzene rings is 2. The molecule has 3 aromatic rings. The molecule has 5 nitrogen and oxygen atoms in total. The van der Waals surface area contributed by atoms with Crippen LogP contribution in [0.4, 0.5) is 0 Å². The summed E-state index contributed by atoms with van der Waals surface area (Å²) in [4.78, 5) is 34.2. The van der Waals surface area contributed by atoms with Crippen LogP contribution in [0.3, 0.4) is 0 Å². The summed E-state index contributed by atoms with van der Waals surface area (Å²) in [6, 6.07) is 22.2. The van der Waals surface area contributed by atoms with Crippen molar-refractivity contribution >= 4 is 11.8 Å². The van der Waals surface area contributed by atoms with Crippen molar-refractivity contribution in [3.63, 3.8) is 0 Å². The second-order valence-corrected chi connectivity index (χ2v) is 9.17. The molecule has 2 amide bonds. The van der Waals surface area contributed by atoms with Crippen LogP contribution in [0.5, 0.6) is 0 Å². The van der Waals surface area contributed by atoms with Crippen molar-refractivity contribution in [1.82, 2.24) is 14.8 Å². The van der Waals surface area contributed by atoms with E-state index in [1.54, 1.807) is 31.4 Å². The van der Waals surface area contributed by atoms with Crippen LogP contribution >= 0.6 is 0 Å². The Bertz CT molecular complexity index is 1080. The lowest BCUT2D eigenvalue weighted by molar-refractivity contribution is -0.147. The highest BCUT2D eigenvalue weighted by Gasteiger charge is 2.44. The van der Waals surface area contributed by atoms with Crippen molar-refractivity contribution in [2.75, 3.05) is 27.2 Å². The molecule has 1 fully saturated rings. The van der Waals surface area contributed by atoms with Crippen molar-refractivity contribution in [1.29, 1.82) is 0 Å². The number of hydrogen-bond acceptors (Lipinski definition) is 3. The summed E-state index contributed by atoms with van der Waals surface area (Å²) < 4.78 is 0. The lowest BCUT2D eigenvalue weighted by Gasteiger charge is -2.43. The molecule has 1 aliphatic rings. The number of amides is 2. The van der Waals surface area contributed by atoms with Gasteiger partial charge in [0.2, 0.25) is 11.8 Å². The van der Waals surface area contributed by atoms with E-state index in [-0.39, 0.29) is 11.8 Å². The molecule has 1 saturated heterocycles. The second-order valence-electron chi connectivity index (χ2n) is 9.17. The minimum Gasteiger partial charge on any atom is -0.348 e. The number of aromatic nitrogens is 1. The molecule has 2 heterocycles. The third-order valence-electron chi connectivity index (χ3n) is 6.50. The number of hydrogen-bond donors (Lipinski definition) is 0. The highest BCUT2D eigenvalue weighted by molar-refractivity contribution is 5.85. The van der Waals surface area contributed by atoms with Gasteiger partial charge in [0, 0.05) is 39.6 Å². The lowest BCUT2D eigenvalue weighted by Crippen LogP contribution is -2.54. The topological polar surface area (TPSA) is 53.5 Å². The van der Waals surface area contributed by atoms with Gasteiger partial charge in [0.1, 0.15) is 0 Å². The second kappa shape index (κ2) is 9.99. The minimum absolute atomic E-state index is 0.0878. The molecule has 0 radical (unpaired) electrons. The number of pyridine rings is 1. The van der Waals surface area contributed by atoms with Crippen molar-refractivity contribution in [3.8, 4) is 11.1 Å². The molecular formula is C28H31N3O2. The molecule has 33 heavy (non-hydrogen) atoms. The van der Waals surface area contributed by atoms with Gasteiger partial charge in [-0.05, 0) is 53.6 Å². The van der Waals surface area contributed by atoms with E-state index < -0.39 is 5.41 Å². The van der Waals surface area contributed by atoms with Crippen LogP contribution in [-0.2, 0) is 22.4 Å². The Hall–Kier alpha value is -3.47. The van der Waals surface area contributed by atoms with Gasteiger partial charge in [-0.3, -0.25) is 14.6 Å². The van der Waals surface area contributed by atoms with Gasteiger partial charge in [0.05, 0.1) is 11.8 Å². The molecule has 1 aromatic heterocycles. The fourth-order valence-electron chi connectivity index (χ4n) is 4.85. The number of nitrogens with zero attached hydrogens (tertiary/aromatic N) is 3. The summed E-state index contributed by atoms with van der Waals surface area (Å²) in [5.74, 6) is 0.183. The average Bonchev–Trinajstić information content (AvgIpc) is 2.85. The summed E-state index contributed by atoms with van der Waals surface area (Å²) in [6.07, 6.45) is 6.18. The largest absolute Gasteiger partial charge is 0.348 e. The van der Waals surface area contributed by atoms with E-state index in [0.29, 0.717) is 25.9 Å². The molecule has 0 aliphatic carbocycles. The van der Waals surface area contributed by atoms with Gasteiger partial charge >= 0.3 is 0 Å². The molecule has 0 saturated carbocycles. The van der Waals surface area contributed by atoms with Gasteiger partial charge in [-0.2, -0.15) is 0 Å². The summed E-state index contributed by atoms with van der Waals surface area (Å²) >= 11 is 0. The predicted octanol–water partition coefficient (Wildman–Crippen LogP) is 4.23. The Kier molecular flexibility index (Phi) is 6.87. The molecule has 0 spiro atoms. The Labute approximate surface area is 196 Å². The van der Waals surface area contributed by atoms with Crippen LogP contribution in [-0.4, -0.2) is 53.8 Å². The minimum atomic E-state index is -0.605. The average molecular weight is 442 g/mol. The van der Waals surface area contributed by atoms with Gasteiger partial charge < -0.3 is 9.80 Å². The first kappa shape index (κ1) is 22.7. The number of likely N-dealkylation sites (tertiary alicyclic amines) is 1. The fourth-order valence-corrected chi connectivity index (χ4v) is 4.85. The first-order valence-electron chi connectivity index (χ1n) is 11.5. The van der Waals surface area contributed by atoms with E-state index in [0.717, 1.165) is 35.1 Å². The maximum atomic E-state index is 13.4. The van der Waals surface area contributed by atoms with Crippen LogP contribution < -0.4 is 0 Å². The smallest absolute Gasteiger partial charge is 0.230 e. The SMILES string of the molecule is CN(C)C(=O)[C@@]1(Cc2ccc(-c3ccncc3)cc2)CCCN(C(=O)Cc2ccccc2)C1.